The van der Waals surface area contributed by atoms with E-state index in [0.717, 1.165) is 6.54 Å². The van der Waals surface area contributed by atoms with Gasteiger partial charge in [-0.05, 0) is 0 Å². The van der Waals surface area contributed by atoms with Crippen molar-refractivity contribution in [2.45, 2.75) is 0 Å². The highest BCUT2D eigenvalue weighted by Crippen LogP contribution is 1.87. The van der Waals surface area contributed by atoms with Gasteiger partial charge in [0, 0.05) is 26.7 Å². The molecular formula is C9H21NO4. The molecule has 0 saturated heterocycles. The molecule has 0 spiro atoms. The molecule has 0 aromatic heterocycles. The van der Waals surface area contributed by atoms with Crippen LogP contribution in [-0.2, 0) is 9.47 Å². The van der Waals surface area contributed by atoms with Crippen molar-refractivity contribution in [1.29, 1.82) is 0 Å². The van der Waals surface area contributed by atoms with Gasteiger partial charge in [0.05, 0.1) is 33.0 Å². The number of hydrogen-bond acceptors (Lipinski definition) is 5. The Morgan fingerprint density at radius 3 is 2.07 bits per heavy atom. The lowest BCUT2D eigenvalue weighted by molar-refractivity contribution is 0.0512. The predicted molar refractivity (Wildman–Crippen MR) is 53.3 cm³/mol. The predicted octanol–water partition coefficient (Wildman–Crippen LogP) is -1.06. The highest BCUT2D eigenvalue weighted by atomic mass is 16.5. The second-order valence-corrected chi connectivity index (χ2v) is 2.89. The average molecular weight is 207 g/mol. The molecule has 0 aliphatic heterocycles. The van der Waals surface area contributed by atoms with Crippen molar-refractivity contribution < 1.29 is 19.7 Å². The molecule has 14 heavy (non-hydrogen) atoms. The molecule has 0 heterocycles. The fourth-order valence-corrected chi connectivity index (χ4v) is 1.06. The van der Waals surface area contributed by atoms with Crippen LogP contribution in [0.5, 0.6) is 0 Å². The van der Waals surface area contributed by atoms with Crippen molar-refractivity contribution in [1.82, 2.24) is 4.90 Å². The van der Waals surface area contributed by atoms with Crippen LogP contribution in [0.2, 0.25) is 0 Å². The fraction of sp³-hybridized carbons (Fsp3) is 1.00. The van der Waals surface area contributed by atoms with Gasteiger partial charge in [0.2, 0.25) is 0 Å². The van der Waals surface area contributed by atoms with Gasteiger partial charge in [0.1, 0.15) is 0 Å². The Balaban J connectivity index is 3.30. The van der Waals surface area contributed by atoms with Crippen LogP contribution in [0.4, 0.5) is 0 Å². The first-order valence-electron chi connectivity index (χ1n) is 4.86. The van der Waals surface area contributed by atoms with Gasteiger partial charge in [-0.15, -0.1) is 0 Å². The van der Waals surface area contributed by atoms with Crippen molar-refractivity contribution in [3.63, 3.8) is 0 Å². The summed E-state index contributed by atoms with van der Waals surface area (Å²) in [6.07, 6.45) is 0. The Bertz CT molecular complexity index is 107. The van der Waals surface area contributed by atoms with E-state index in [1.807, 2.05) is 4.90 Å². The molecule has 5 nitrogen and oxygen atoms in total. The van der Waals surface area contributed by atoms with Crippen molar-refractivity contribution in [3.8, 4) is 0 Å². The lowest BCUT2D eigenvalue weighted by Gasteiger charge is -2.19. The molecule has 0 saturated carbocycles. The fourth-order valence-electron chi connectivity index (χ4n) is 1.06. The summed E-state index contributed by atoms with van der Waals surface area (Å²) in [5, 5.41) is 17.4. The molecule has 86 valence electrons. The van der Waals surface area contributed by atoms with Gasteiger partial charge in [0.15, 0.2) is 0 Å². The molecule has 0 fully saturated rings. The van der Waals surface area contributed by atoms with E-state index in [2.05, 4.69) is 0 Å². The zero-order valence-corrected chi connectivity index (χ0v) is 8.81. The second kappa shape index (κ2) is 10.9. The monoisotopic (exact) mass is 207 g/mol. The summed E-state index contributed by atoms with van der Waals surface area (Å²) in [5.41, 5.74) is 0. The van der Waals surface area contributed by atoms with Crippen LogP contribution in [0.1, 0.15) is 0 Å². The third-order valence-corrected chi connectivity index (χ3v) is 1.82. The minimum absolute atomic E-state index is 0.109. The Morgan fingerprint density at radius 2 is 1.57 bits per heavy atom. The maximum atomic E-state index is 8.72. The minimum Gasteiger partial charge on any atom is -0.395 e. The van der Waals surface area contributed by atoms with E-state index in [0.29, 0.717) is 32.9 Å². The molecule has 0 atom stereocenters. The Labute approximate surface area is 85.2 Å². The van der Waals surface area contributed by atoms with E-state index >= 15 is 0 Å². The second-order valence-electron chi connectivity index (χ2n) is 2.89. The summed E-state index contributed by atoms with van der Waals surface area (Å²) < 4.78 is 10.1. The zero-order valence-electron chi connectivity index (χ0n) is 8.81. The lowest BCUT2D eigenvalue weighted by atomic mass is 10.4. The summed E-state index contributed by atoms with van der Waals surface area (Å²) in [6, 6.07) is 0. The minimum atomic E-state index is 0.109. The summed E-state index contributed by atoms with van der Waals surface area (Å²) in [6.45, 7) is 3.88. The SMILES string of the molecule is COCCOCCN(CCO)CCO. The van der Waals surface area contributed by atoms with Crippen LogP contribution < -0.4 is 0 Å². The van der Waals surface area contributed by atoms with Crippen LogP contribution in [0.3, 0.4) is 0 Å². The number of rotatable bonds is 10. The van der Waals surface area contributed by atoms with Crippen LogP contribution in [-0.4, -0.2) is 74.9 Å². The first-order chi connectivity index (χ1) is 6.85. The van der Waals surface area contributed by atoms with Gasteiger partial charge in [-0.2, -0.15) is 0 Å². The van der Waals surface area contributed by atoms with E-state index in [-0.39, 0.29) is 13.2 Å². The van der Waals surface area contributed by atoms with Crippen LogP contribution in [0.15, 0.2) is 0 Å². The molecule has 0 bridgehead atoms. The Morgan fingerprint density at radius 1 is 0.929 bits per heavy atom. The zero-order chi connectivity index (χ0) is 10.6. The number of aliphatic hydroxyl groups excluding tert-OH is 2. The first kappa shape index (κ1) is 13.8. The van der Waals surface area contributed by atoms with Gasteiger partial charge in [-0.3, -0.25) is 4.90 Å². The molecular weight excluding hydrogens is 186 g/mol. The lowest BCUT2D eigenvalue weighted by Crippen LogP contribution is -2.33. The van der Waals surface area contributed by atoms with Gasteiger partial charge in [-0.1, -0.05) is 0 Å². The molecule has 0 aliphatic rings. The molecule has 0 unspecified atom stereocenters. The van der Waals surface area contributed by atoms with Gasteiger partial charge < -0.3 is 19.7 Å². The number of methoxy groups -OCH3 is 1. The number of nitrogens with zero attached hydrogens (tertiary/aromatic N) is 1. The van der Waals surface area contributed by atoms with Crippen molar-refractivity contribution in [3.05, 3.63) is 0 Å². The van der Waals surface area contributed by atoms with Crippen molar-refractivity contribution in [2.24, 2.45) is 0 Å². The van der Waals surface area contributed by atoms with Gasteiger partial charge >= 0.3 is 0 Å². The smallest absolute Gasteiger partial charge is 0.0700 e. The van der Waals surface area contributed by atoms with Crippen LogP contribution in [0.25, 0.3) is 0 Å². The average Bonchev–Trinajstić information content (AvgIpc) is 2.18. The van der Waals surface area contributed by atoms with E-state index in [4.69, 9.17) is 19.7 Å². The third kappa shape index (κ3) is 8.40. The first-order valence-corrected chi connectivity index (χ1v) is 4.86. The molecule has 5 heteroatoms. The number of hydrogen-bond donors (Lipinski definition) is 2. The summed E-state index contributed by atoms with van der Waals surface area (Å²) in [5.74, 6) is 0. The molecule has 0 aromatic rings. The summed E-state index contributed by atoms with van der Waals surface area (Å²) in [7, 11) is 1.63. The third-order valence-electron chi connectivity index (χ3n) is 1.82. The molecule has 0 aromatic carbocycles. The van der Waals surface area contributed by atoms with Crippen LogP contribution >= 0.6 is 0 Å². The van der Waals surface area contributed by atoms with Gasteiger partial charge in [-0.25, -0.2) is 0 Å². The summed E-state index contributed by atoms with van der Waals surface area (Å²) >= 11 is 0. The maximum Gasteiger partial charge on any atom is 0.0700 e. The highest BCUT2D eigenvalue weighted by molar-refractivity contribution is 4.55. The number of aliphatic hydroxyl groups is 2. The molecule has 0 amide bonds. The van der Waals surface area contributed by atoms with Crippen molar-refractivity contribution >= 4 is 0 Å². The van der Waals surface area contributed by atoms with Gasteiger partial charge in [0.25, 0.3) is 0 Å². The van der Waals surface area contributed by atoms with E-state index in [1.54, 1.807) is 7.11 Å². The topological polar surface area (TPSA) is 62.2 Å². The van der Waals surface area contributed by atoms with Crippen LogP contribution in [0, 0.1) is 0 Å². The molecule has 0 radical (unpaired) electrons. The quantitative estimate of drug-likeness (QED) is 0.447. The largest absolute Gasteiger partial charge is 0.395 e. The number of ether oxygens (including phenoxy) is 2. The molecule has 2 N–H and O–H groups in total. The van der Waals surface area contributed by atoms with E-state index in [1.165, 1.54) is 0 Å². The highest BCUT2D eigenvalue weighted by Gasteiger charge is 2.02. The Hall–Kier alpha value is -0.200. The Kier molecular flexibility index (Phi) is 10.7. The molecule has 0 rings (SSSR count). The molecule has 0 aliphatic carbocycles. The summed E-state index contributed by atoms with van der Waals surface area (Å²) in [4.78, 5) is 1.95. The normalized spacial score (nSPS) is 11.1. The van der Waals surface area contributed by atoms with E-state index in [9.17, 15) is 0 Å². The van der Waals surface area contributed by atoms with E-state index < -0.39 is 0 Å². The standard InChI is InChI=1S/C9H21NO4/c1-13-8-9-14-7-4-10(2-5-11)3-6-12/h11-12H,2-9H2,1H3. The van der Waals surface area contributed by atoms with Crippen molar-refractivity contribution in [2.75, 3.05) is 59.8 Å². The maximum absolute atomic E-state index is 8.72.